The number of fused-ring (bicyclic) bond motifs is 6. The molecule has 7 aromatic carbocycles. The van der Waals surface area contributed by atoms with Crippen molar-refractivity contribution in [2.45, 2.75) is 0 Å². The minimum Gasteiger partial charge on any atom is -0.435 e. The number of hydrogen-bond donors (Lipinski definition) is 0. The van der Waals surface area contributed by atoms with E-state index >= 15 is 0 Å². The predicted octanol–water partition coefficient (Wildman–Crippen LogP) is 10.9. The highest BCUT2D eigenvalue weighted by Gasteiger charge is 2.18. The lowest BCUT2D eigenvalue weighted by atomic mass is 10.1. The molecule has 0 spiro atoms. The average Bonchev–Trinajstić information content (AvgIpc) is 3.78. The van der Waals surface area contributed by atoms with Crippen LogP contribution in [-0.4, -0.2) is 24.5 Å². The lowest BCUT2D eigenvalue weighted by Crippen LogP contribution is -2.00. The Morgan fingerprint density at radius 2 is 0.980 bits per heavy atom. The molecule has 6 nitrogen and oxygen atoms in total. The van der Waals surface area contributed by atoms with Gasteiger partial charge in [0.2, 0.25) is 5.89 Å². The summed E-state index contributed by atoms with van der Waals surface area (Å²) in [5.41, 5.74) is 8.50. The second-order valence-corrected chi connectivity index (χ2v) is 12.3. The molecule has 0 aliphatic rings. The van der Waals surface area contributed by atoms with E-state index < -0.39 is 0 Å². The van der Waals surface area contributed by atoms with Crippen LogP contribution in [0, 0.1) is 0 Å². The van der Waals surface area contributed by atoms with Crippen molar-refractivity contribution < 1.29 is 4.42 Å². The van der Waals surface area contributed by atoms with E-state index in [1.807, 2.05) is 72.8 Å². The Hall–Kier alpha value is -6.92. The van der Waals surface area contributed by atoms with E-state index in [0.717, 1.165) is 60.8 Å². The van der Waals surface area contributed by atoms with Crippen LogP contribution in [0.3, 0.4) is 0 Å². The van der Waals surface area contributed by atoms with Gasteiger partial charge in [-0.15, -0.1) is 0 Å². The van der Waals surface area contributed by atoms with Gasteiger partial charge in [-0.05, 0) is 53.9 Å². The first-order valence-corrected chi connectivity index (χ1v) is 16.6. The van der Waals surface area contributed by atoms with Crippen molar-refractivity contribution >= 4 is 43.7 Å². The zero-order chi connectivity index (χ0) is 33.0. The summed E-state index contributed by atoms with van der Waals surface area (Å²) in [5.74, 6) is 2.39. The number of rotatable bonds is 5. The lowest BCUT2D eigenvalue weighted by molar-refractivity contribution is 0.623. The molecule has 0 aliphatic heterocycles. The molecule has 234 valence electrons. The second kappa shape index (κ2) is 11.4. The van der Waals surface area contributed by atoms with Crippen LogP contribution in [0.4, 0.5) is 0 Å². The van der Waals surface area contributed by atoms with Crippen LogP contribution < -0.4 is 0 Å². The van der Waals surface area contributed by atoms with Crippen LogP contribution in [0.1, 0.15) is 0 Å². The molecule has 0 fully saturated rings. The van der Waals surface area contributed by atoms with E-state index in [1.54, 1.807) is 0 Å². The van der Waals surface area contributed by atoms with Gasteiger partial charge in [0.1, 0.15) is 5.52 Å². The van der Waals surface area contributed by atoms with Crippen molar-refractivity contribution in [1.29, 1.82) is 0 Å². The molecule has 50 heavy (non-hydrogen) atoms. The molecule has 0 aliphatic carbocycles. The van der Waals surface area contributed by atoms with Gasteiger partial charge in [0.15, 0.2) is 23.1 Å². The number of para-hydroxylation sites is 2. The zero-order valence-corrected chi connectivity index (χ0v) is 26.7. The number of benzene rings is 7. The molecule has 0 radical (unpaired) electrons. The van der Waals surface area contributed by atoms with Crippen LogP contribution in [0.15, 0.2) is 168 Å². The lowest BCUT2D eigenvalue weighted by Gasteiger charge is -2.11. The van der Waals surface area contributed by atoms with Crippen molar-refractivity contribution in [2.24, 2.45) is 0 Å². The van der Waals surface area contributed by atoms with Gasteiger partial charge in [0.25, 0.3) is 0 Å². The van der Waals surface area contributed by atoms with Gasteiger partial charge in [-0.2, -0.15) is 0 Å². The monoisotopic (exact) mass is 641 g/mol. The predicted molar refractivity (Wildman–Crippen MR) is 201 cm³/mol. The van der Waals surface area contributed by atoms with Crippen LogP contribution in [-0.2, 0) is 0 Å². The first-order valence-electron chi connectivity index (χ1n) is 16.6. The van der Waals surface area contributed by atoms with E-state index in [1.165, 1.54) is 10.8 Å². The van der Waals surface area contributed by atoms with E-state index in [4.69, 9.17) is 24.4 Å². The van der Waals surface area contributed by atoms with E-state index in [9.17, 15) is 0 Å². The molecule has 3 heterocycles. The molecule has 0 amide bonds. The molecule has 0 saturated carbocycles. The Kier molecular flexibility index (Phi) is 6.39. The van der Waals surface area contributed by atoms with Crippen LogP contribution >= 0.6 is 0 Å². The van der Waals surface area contributed by atoms with Crippen molar-refractivity contribution in [1.82, 2.24) is 24.5 Å². The molecule has 0 N–H and O–H groups in total. The summed E-state index contributed by atoms with van der Waals surface area (Å²) in [6.45, 7) is 0. The smallest absolute Gasteiger partial charge is 0.227 e. The topological polar surface area (TPSA) is 69.6 Å². The zero-order valence-electron chi connectivity index (χ0n) is 26.7. The van der Waals surface area contributed by atoms with E-state index in [2.05, 4.69) is 95.6 Å². The number of nitrogens with zero attached hydrogens (tertiary/aromatic N) is 5. The molecular weight excluding hydrogens is 615 g/mol. The SMILES string of the molecule is c1ccc(-c2nc(-c3ccc4ccc5nc(-c6ccccc6)oc5c4c3)nc(-c3ccc4c5ccccc5n(-c5ccccc5)c4c3)n2)cc1. The van der Waals surface area contributed by atoms with Crippen molar-refractivity contribution in [3.8, 4) is 51.3 Å². The van der Waals surface area contributed by atoms with Crippen molar-refractivity contribution in [3.05, 3.63) is 164 Å². The Bertz CT molecular complexity index is 2860. The van der Waals surface area contributed by atoms with Crippen molar-refractivity contribution in [3.63, 3.8) is 0 Å². The molecule has 10 aromatic rings. The maximum atomic E-state index is 6.39. The fraction of sp³-hybridized carbons (Fsp3) is 0. The number of hydrogen-bond acceptors (Lipinski definition) is 5. The Balaban J connectivity index is 1.17. The fourth-order valence-electron chi connectivity index (χ4n) is 6.86. The fourth-order valence-corrected chi connectivity index (χ4v) is 6.86. The largest absolute Gasteiger partial charge is 0.435 e. The summed E-state index contributed by atoms with van der Waals surface area (Å²) in [5, 5.41) is 4.37. The summed E-state index contributed by atoms with van der Waals surface area (Å²) < 4.78 is 8.70. The summed E-state index contributed by atoms with van der Waals surface area (Å²) in [7, 11) is 0. The molecule has 6 heteroatoms. The Morgan fingerprint density at radius 1 is 0.400 bits per heavy atom. The summed E-state index contributed by atoms with van der Waals surface area (Å²) >= 11 is 0. The Morgan fingerprint density at radius 3 is 1.74 bits per heavy atom. The quantitative estimate of drug-likeness (QED) is 0.187. The van der Waals surface area contributed by atoms with E-state index in [0.29, 0.717) is 23.4 Å². The minimum absolute atomic E-state index is 0.583. The molecule has 3 aromatic heterocycles. The standard InChI is InChI=1S/C44H27N5O/c1-4-12-29(13-5-1)41-46-42(31-21-20-28-23-25-37-40(36(28)26-31)50-44(45-37)30-14-6-2-7-15-30)48-43(47-41)32-22-24-35-34-18-10-11-19-38(34)49(39(35)27-32)33-16-8-3-9-17-33/h1-27H. The maximum absolute atomic E-state index is 6.39. The highest BCUT2D eigenvalue weighted by atomic mass is 16.3. The molecule has 0 bridgehead atoms. The molecule has 10 rings (SSSR count). The molecule has 0 saturated heterocycles. The van der Waals surface area contributed by atoms with Gasteiger partial charge >= 0.3 is 0 Å². The van der Waals surface area contributed by atoms with Gasteiger partial charge in [0, 0.05) is 44.1 Å². The van der Waals surface area contributed by atoms with Crippen LogP contribution in [0.2, 0.25) is 0 Å². The Labute approximate surface area is 287 Å². The minimum atomic E-state index is 0.583. The van der Waals surface area contributed by atoms with E-state index in [-0.39, 0.29) is 0 Å². The first kappa shape index (κ1) is 28.1. The van der Waals surface area contributed by atoms with Crippen LogP contribution in [0.25, 0.3) is 95.0 Å². The third-order valence-electron chi connectivity index (χ3n) is 9.26. The summed E-state index contributed by atoms with van der Waals surface area (Å²) in [4.78, 5) is 20.0. The third-order valence-corrected chi connectivity index (χ3v) is 9.26. The molecule has 0 atom stereocenters. The summed E-state index contributed by atoms with van der Waals surface area (Å²) in [6.07, 6.45) is 0. The average molecular weight is 642 g/mol. The molecular formula is C44H27N5O. The van der Waals surface area contributed by atoms with Gasteiger partial charge in [-0.3, -0.25) is 0 Å². The van der Waals surface area contributed by atoms with Crippen molar-refractivity contribution in [2.75, 3.05) is 0 Å². The number of oxazole rings is 1. The van der Waals surface area contributed by atoms with Gasteiger partial charge < -0.3 is 8.98 Å². The normalized spacial score (nSPS) is 11.6. The maximum Gasteiger partial charge on any atom is 0.227 e. The number of aromatic nitrogens is 5. The highest BCUT2D eigenvalue weighted by molar-refractivity contribution is 6.10. The van der Waals surface area contributed by atoms with Gasteiger partial charge in [-0.1, -0.05) is 115 Å². The van der Waals surface area contributed by atoms with Gasteiger partial charge in [0.05, 0.1) is 11.0 Å². The highest BCUT2D eigenvalue weighted by Crippen LogP contribution is 2.36. The molecule has 0 unspecified atom stereocenters. The first-order chi connectivity index (χ1) is 24.8. The third kappa shape index (κ3) is 4.65. The second-order valence-electron chi connectivity index (χ2n) is 12.3. The summed E-state index contributed by atoms with van der Waals surface area (Å²) in [6, 6.07) is 55.9. The van der Waals surface area contributed by atoms with Crippen LogP contribution in [0.5, 0.6) is 0 Å². The van der Waals surface area contributed by atoms with Gasteiger partial charge in [-0.25, -0.2) is 19.9 Å².